The molecule has 3 fully saturated rings. The quantitative estimate of drug-likeness (QED) is 0.660. The Labute approximate surface area is 169 Å². The monoisotopic (exact) mass is 387 g/mol. The molecule has 0 aliphatic heterocycles. The molecule has 3 saturated carbocycles. The van der Waals surface area contributed by atoms with E-state index in [0.717, 1.165) is 44.5 Å². The van der Waals surface area contributed by atoms with Crippen molar-refractivity contribution in [2.24, 2.45) is 28.6 Å². The van der Waals surface area contributed by atoms with Crippen molar-refractivity contribution in [3.8, 4) is 0 Å². The van der Waals surface area contributed by atoms with Crippen LogP contribution in [0.3, 0.4) is 0 Å². The summed E-state index contributed by atoms with van der Waals surface area (Å²) in [5.74, 6) is 2.59. The van der Waals surface area contributed by atoms with Crippen molar-refractivity contribution < 1.29 is 14.6 Å². The average molecular weight is 388 g/mol. The molecule has 156 valence electrons. The molecule has 3 N–H and O–H groups in total. The highest BCUT2D eigenvalue weighted by Crippen LogP contribution is 2.62. The van der Waals surface area contributed by atoms with Crippen LogP contribution >= 0.6 is 0 Å². The minimum Gasteiger partial charge on any atom is -0.468 e. The third-order valence-corrected chi connectivity index (χ3v) is 8.77. The Kier molecular flexibility index (Phi) is 5.49. The fourth-order valence-corrected chi connectivity index (χ4v) is 6.79. The maximum atomic E-state index is 11.0. The van der Waals surface area contributed by atoms with Crippen LogP contribution in [0.4, 0.5) is 0 Å². The molecule has 7 atom stereocenters. The van der Waals surface area contributed by atoms with Crippen LogP contribution in [0.1, 0.15) is 64.6 Å². The number of aliphatic hydroxyl groups excluding tert-OH is 2. The summed E-state index contributed by atoms with van der Waals surface area (Å²) in [4.78, 5) is 0. The smallest absolute Gasteiger partial charge is 0.117 e. The van der Waals surface area contributed by atoms with E-state index in [0.29, 0.717) is 24.2 Å². The summed E-state index contributed by atoms with van der Waals surface area (Å²) in [6, 6.07) is 3.95. The lowest BCUT2D eigenvalue weighted by atomic mass is 9.51. The molecule has 1 aromatic rings. The van der Waals surface area contributed by atoms with Crippen molar-refractivity contribution in [1.82, 2.24) is 5.32 Å². The van der Waals surface area contributed by atoms with Crippen molar-refractivity contribution in [3.05, 3.63) is 36.3 Å². The van der Waals surface area contributed by atoms with Crippen LogP contribution < -0.4 is 5.32 Å². The maximum Gasteiger partial charge on any atom is 0.117 e. The lowest BCUT2D eigenvalue weighted by molar-refractivity contribution is -0.118. The molecule has 0 amide bonds. The van der Waals surface area contributed by atoms with Gasteiger partial charge in [-0.1, -0.05) is 26.0 Å². The molecular formula is C24H37NO3. The van der Waals surface area contributed by atoms with Crippen LogP contribution in [0.15, 0.2) is 35.0 Å². The molecule has 28 heavy (non-hydrogen) atoms. The first-order chi connectivity index (χ1) is 13.3. The Balaban J connectivity index is 1.56. The average Bonchev–Trinajstić information content (AvgIpc) is 3.27. The molecule has 1 heterocycles. The van der Waals surface area contributed by atoms with Crippen molar-refractivity contribution in [1.29, 1.82) is 0 Å². The van der Waals surface area contributed by atoms with Crippen LogP contribution in [-0.4, -0.2) is 29.0 Å². The van der Waals surface area contributed by atoms with Crippen LogP contribution in [-0.2, 0) is 6.54 Å². The second-order valence-electron chi connectivity index (χ2n) is 10.1. The molecule has 0 spiro atoms. The zero-order valence-corrected chi connectivity index (χ0v) is 17.5. The predicted octanol–water partition coefficient (Wildman–Crippen LogP) is 4.28. The zero-order chi connectivity index (χ0) is 19.9. The zero-order valence-electron chi connectivity index (χ0n) is 17.5. The molecule has 4 heteroatoms. The lowest BCUT2D eigenvalue weighted by Gasteiger charge is -2.55. The molecule has 0 saturated heterocycles. The highest BCUT2D eigenvalue weighted by molar-refractivity contribution is 5.21. The van der Waals surface area contributed by atoms with Crippen LogP contribution in [0.25, 0.3) is 0 Å². The molecule has 3 aliphatic carbocycles. The van der Waals surface area contributed by atoms with Crippen molar-refractivity contribution >= 4 is 0 Å². The molecular weight excluding hydrogens is 350 g/mol. The summed E-state index contributed by atoms with van der Waals surface area (Å²) in [6.45, 7) is 10.8. The number of fused-ring (bicyclic) bond motifs is 1. The minimum atomic E-state index is -0.414. The van der Waals surface area contributed by atoms with Gasteiger partial charge in [0.25, 0.3) is 0 Å². The first kappa shape index (κ1) is 20.2. The number of hydrogen-bond donors (Lipinski definition) is 3. The summed E-state index contributed by atoms with van der Waals surface area (Å²) < 4.78 is 5.49. The van der Waals surface area contributed by atoms with E-state index in [4.69, 9.17) is 4.42 Å². The Morgan fingerprint density at radius 2 is 2.00 bits per heavy atom. The normalized spacial score (nSPS) is 43.9. The minimum absolute atomic E-state index is 0.110. The maximum absolute atomic E-state index is 11.0. The van der Waals surface area contributed by atoms with E-state index in [-0.39, 0.29) is 16.9 Å². The second kappa shape index (κ2) is 7.62. The topological polar surface area (TPSA) is 65.6 Å². The highest BCUT2D eigenvalue weighted by Gasteiger charge is 2.56. The molecule has 0 radical (unpaired) electrons. The third-order valence-electron chi connectivity index (χ3n) is 8.77. The van der Waals surface area contributed by atoms with Crippen molar-refractivity contribution in [2.75, 3.05) is 6.54 Å². The molecule has 2 unspecified atom stereocenters. The number of nitrogens with one attached hydrogen (secondary N) is 1. The van der Waals surface area contributed by atoms with E-state index < -0.39 is 6.10 Å². The predicted molar refractivity (Wildman–Crippen MR) is 111 cm³/mol. The van der Waals surface area contributed by atoms with Crippen LogP contribution in [0.5, 0.6) is 0 Å². The van der Waals surface area contributed by atoms with Crippen LogP contribution in [0, 0.1) is 28.6 Å². The number of rotatable bonds is 5. The van der Waals surface area contributed by atoms with Crippen molar-refractivity contribution in [3.63, 3.8) is 0 Å². The fraction of sp³-hybridized carbons (Fsp3) is 0.750. The standard InChI is InChI=1S/C24H37NO3/c1-16-6-7-20-19(15-25-14-18-5-4-12-28-18)21(9-11-23(16,20)2)24(3)10-8-17(26)13-22(24)27/h4-5,12,17,19-22,25-27H,1,6-11,13-15H2,2-3H3/t17-,19+,20?,21?,22-,23-,24+/m0/s1. The highest BCUT2D eigenvalue weighted by atomic mass is 16.3. The molecule has 0 aromatic carbocycles. The van der Waals surface area contributed by atoms with Gasteiger partial charge in [0.2, 0.25) is 0 Å². The molecule has 1 aromatic heterocycles. The van der Waals surface area contributed by atoms with Gasteiger partial charge in [-0.2, -0.15) is 0 Å². The van der Waals surface area contributed by atoms with E-state index >= 15 is 0 Å². The third kappa shape index (κ3) is 3.38. The largest absolute Gasteiger partial charge is 0.468 e. The Morgan fingerprint density at radius 1 is 1.18 bits per heavy atom. The summed E-state index contributed by atoms with van der Waals surface area (Å²) >= 11 is 0. The van der Waals surface area contributed by atoms with Gasteiger partial charge in [-0.25, -0.2) is 0 Å². The van der Waals surface area contributed by atoms with E-state index in [2.05, 4.69) is 25.7 Å². The van der Waals surface area contributed by atoms with E-state index in [1.807, 2.05) is 12.1 Å². The van der Waals surface area contributed by atoms with Gasteiger partial charge in [0, 0.05) is 0 Å². The Morgan fingerprint density at radius 3 is 2.71 bits per heavy atom. The first-order valence-corrected chi connectivity index (χ1v) is 11.1. The SMILES string of the molecule is C=C1CCC2[C@@H](CNCc3ccco3)C([C@@]3(C)CC[C@H](O)C[C@@H]3O)CC[C@@]12C. The second-order valence-corrected chi connectivity index (χ2v) is 10.1. The van der Waals surface area contributed by atoms with Gasteiger partial charge < -0.3 is 19.9 Å². The van der Waals surface area contributed by atoms with Gasteiger partial charge >= 0.3 is 0 Å². The van der Waals surface area contributed by atoms with E-state index in [1.165, 1.54) is 18.4 Å². The summed E-state index contributed by atoms with van der Waals surface area (Å²) in [5, 5.41) is 24.7. The van der Waals surface area contributed by atoms with Gasteiger partial charge in [0.15, 0.2) is 0 Å². The number of furan rings is 1. The van der Waals surface area contributed by atoms with Gasteiger partial charge in [-0.3, -0.25) is 0 Å². The Bertz CT molecular complexity index is 686. The Hall–Kier alpha value is -1.10. The summed E-state index contributed by atoms with van der Waals surface area (Å²) in [7, 11) is 0. The van der Waals surface area contributed by atoms with Crippen molar-refractivity contribution in [2.45, 2.75) is 77.5 Å². The van der Waals surface area contributed by atoms with Gasteiger partial charge in [0.1, 0.15) is 5.76 Å². The van der Waals surface area contributed by atoms with E-state index in [9.17, 15) is 10.2 Å². The number of allylic oxidation sites excluding steroid dienone is 1. The molecule has 4 nitrogen and oxygen atoms in total. The van der Waals surface area contributed by atoms with Gasteiger partial charge in [0.05, 0.1) is 25.0 Å². The number of aliphatic hydroxyl groups is 2. The first-order valence-electron chi connectivity index (χ1n) is 11.1. The molecule has 0 bridgehead atoms. The molecule has 3 aliphatic rings. The van der Waals surface area contributed by atoms with Crippen LogP contribution in [0.2, 0.25) is 0 Å². The summed E-state index contributed by atoms with van der Waals surface area (Å²) in [6.07, 6.45) is 7.89. The molecule has 4 rings (SSSR count). The van der Waals surface area contributed by atoms with Gasteiger partial charge in [-0.05, 0) is 92.2 Å². The lowest BCUT2D eigenvalue weighted by Crippen LogP contribution is -2.54. The summed E-state index contributed by atoms with van der Waals surface area (Å²) in [5.41, 5.74) is 1.56. The van der Waals surface area contributed by atoms with Gasteiger partial charge in [-0.15, -0.1) is 0 Å². The fourth-order valence-electron chi connectivity index (χ4n) is 6.79. The van der Waals surface area contributed by atoms with E-state index in [1.54, 1.807) is 6.26 Å². The number of hydrogen-bond acceptors (Lipinski definition) is 4.